The normalized spacial score (nSPS) is 11.9. The number of aryl methyl sites for hydroxylation is 2. The van der Waals surface area contributed by atoms with Gasteiger partial charge in [0.2, 0.25) is 5.91 Å². The number of carboxylic acid groups (broad SMARTS) is 1. The molecule has 1 atom stereocenters. The van der Waals surface area contributed by atoms with Gasteiger partial charge in [-0.05, 0) is 36.6 Å². The van der Waals surface area contributed by atoms with E-state index in [1.165, 1.54) is 11.6 Å². The summed E-state index contributed by atoms with van der Waals surface area (Å²) in [5.41, 5.74) is 2.73. The van der Waals surface area contributed by atoms with Crippen molar-refractivity contribution in [2.75, 3.05) is 5.32 Å². The van der Waals surface area contributed by atoms with E-state index in [1.54, 1.807) is 12.1 Å². The van der Waals surface area contributed by atoms with Crippen LogP contribution in [0.25, 0.3) is 0 Å². The number of anilines is 1. The molecule has 2 rings (SSSR count). The number of carboxylic acids is 1. The van der Waals surface area contributed by atoms with Gasteiger partial charge in [0.05, 0.1) is 18.7 Å². The monoisotopic (exact) mass is 330 g/mol. The van der Waals surface area contributed by atoms with Gasteiger partial charge in [-0.25, -0.2) is 0 Å². The highest BCUT2D eigenvalue weighted by molar-refractivity contribution is 5.94. The summed E-state index contributed by atoms with van der Waals surface area (Å²) in [5.74, 6) is -0.963. The summed E-state index contributed by atoms with van der Waals surface area (Å²) in [6.45, 7) is 4.25. The first kappa shape index (κ1) is 17.7. The quantitative estimate of drug-likeness (QED) is 0.730. The lowest BCUT2D eigenvalue weighted by Gasteiger charge is -2.17. The van der Waals surface area contributed by atoms with E-state index in [4.69, 9.17) is 4.42 Å². The zero-order chi connectivity index (χ0) is 17.5. The molecule has 128 valence electrons. The van der Waals surface area contributed by atoms with E-state index in [2.05, 4.69) is 5.32 Å². The van der Waals surface area contributed by atoms with Crippen LogP contribution in [0.3, 0.4) is 0 Å². The molecule has 1 amide bonds. The second kappa shape index (κ2) is 8.31. The highest BCUT2D eigenvalue weighted by atomic mass is 16.4. The van der Waals surface area contributed by atoms with Crippen LogP contribution >= 0.6 is 0 Å². The third-order valence-electron chi connectivity index (χ3n) is 3.90. The van der Waals surface area contributed by atoms with Gasteiger partial charge in [-0.2, -0.15) is 0 Å². The molecule has 0 bridgehead atoms. The zero-order valence-corrected chi connectivity index (χ0v) is 13.9. The van der Waals surface area contributed by atoms with Crippen molar-refractivity contribution in [3.8, 4) is 0 Å². The topological polar surface area (TPSA) is 99.0 Å². The molecule has 2 aromatic rings. The molecule has 0 aliphatic carbocycles. The Morgan fingerprint density at radius 1 is 1.29 bits per heavy atom. The Morgan fingerprint density at radius 3 is 2.71 bits per heavy atom. The van der Waals surface area contributed by atoms with E-state index < -0.39 is 12.0 Å². The third-order valence-corrected chi connectivity index (χ3v) is 3.90. The van der Waals surface area contributed by atoms with Crippen LogP contribution in [0.1, 0.15) is 30.2 Å². The minimum atomic E-state index is -1.27. The van der Waals surface area contributed by atoms with Gasteiger partial charge < -0.3 is 25.0 Å². The minimum Gasteiger partial charge on any atom is -0.544 e. The Bertz CT molecular complexity index is 695. The molecule has 1 aromatic carbocycles. The van der Waals surface area contributed by atoms with Crippen molar-refractivity contribution in [3.63, 3.8) is 0 Å². The maximum absolute atomic E-state index is 12.3. The lowest BCUT2D eigenvalue weighted by molar-refractivity contribution is -0.698. The van der Waals surface area contributed by atoms with Crippen molar-refractivity contribution < 1.29 is 24.4 Å². The van der Waals surface area contributed by atoms with Crippen LogP contribution in [-0.4, -0.2) is 17.9 Å². The van der Waals surface area contributed by atoms with Crippen LogP contribution in [-0.2, 0) is 22.6 Å². The number of aliphatic carboxylic acids is 1. The standard InChI is InChI=1S/C18H22N2O4/c1-3-13-7-4-6-12(2)17(13)20-16(21)10-15(18(22)23)19-11-14-8-5-9-24-14/h4-9,15,19H,3,10-11H2,1-2H3,(H,20,21)(H,22,23)/t15-/m1/s1. The van der Waals surface area contributed by atoms with E-state index in [0.29, 0.717) is 12.3 Å². The van der Waals surface area contributed by atoms with Crippen molar-refractivity contribution in [1.82, 2.24) is 0 Å². The summed E-state index contributed by atoms with van der Waals surface area (Å²) in [4.78, 5) is 23.5. The van der Waals surface area contributed by atoms with Crippen LogP contribution in [0.15, 0.2) is 41.0 Å². The number of quaternary nitrogens is 1. The van der Waals surface area contributed by atoms with Gasteiger partial charge in [-0.3, -0.25) is 4.79 Å². The van der Waals surface area contributed by atoms with Crippen molar-refractivity contribution in [1.29, 1.82) is 0 Å². The molecule has 3 N–H and O–H groups in total. The summed E-state index contributed by atoms with van der Waals surface area (Å²) in [5, 5.41) is 15.7. The first-order chi connectivity index (χ1) is 11.5. The van der Waals surface area contributed by atoms with E-state index in [1.807, 2.05) is 32.0 Å². The van der Waals surface area contributed by atoms with E-state index in [0.717, 1.165) is 23.2 Å². The van der Waals surface area contributed by atoms with Gasteiger partial charge in [0.15, 0.2) is 5.76 Å². The van der Waals surface area contributed by atoms with Gasteiger partial charge in [-0.1, -0.05) is 25.1 Å². The number of nitrogens with two attached hydrogens (primary N) is 1. The number of hydrogen-bond donors (Lipinski definition) is 2. The molecule has 0 fully saturated rings. The fourth-order valence-electron chi connectivity index (χ4n) is 2.54. The van der Waals surface area contributed by atoms with Gasteiger partial charge >= 0.3 is 0 Å². The number of amides is 1. The molecule has 0 aliphatic rings. The maximum atomic E-state index is 12.3. The number of carbonyl (C=O) groups is 2. The van der Waals surface area contributed by atoms with Gasteiger partial charge in [0.25, 0.3) is 0 Å². The van der Waals surface area contributed by atoms with Crippen LogP contribution in [0.4, 0.5) is 5.69 Å². The fraction of sp³-hybridized carbons (Fsp3) is 0.333. The lowest BCUT2D eigenvalue weighted by atomic mass is 10.1. The number of furan rings is 1. The van der Waals surface area contributed by atoms with Crippen LogP contribution < -0.4 is 15.7 Å². The van der Waals surface area contributed by atoms with Gasteiger partial charge in [0, 0.05) is 5.69 Å². The number of nitrogens with one attached hydrogen (secondary N) is 1. The second-order valence-electron chi connectivity index (χ2n) is 5.66. The predicted octanol–water partition coefficient (Wildman–Crippen LogP) is 0.361. The van der Waals surface area contributed by atoms with Crippen molar-refractivity contribution in [2.45, 2.75) is 39.3 Å². The summed E-state index contributed by atoms with van der Waals surface area (Å²) in [7, 11) is 0. The highest BCUT2D eigenvalue weighted by Crippen LogP contribution is 2.21. The Kier molecular flexibility index (Phi) is 6.14. The molecule has 0 spiro atoms. The molecule has 1 aromatic heterocycles. The number of hydrogen-bond acceptors (Lipinski definition) is 4. The first-order valence-electron chi connectivity index (χ1n) is 7.96. The van der Waals surface area contributed by atoms with Crippen molar-refractivity contribution in [3.05, 3.63) is 53.5 Å². The molecule has 6 nitrogen and oxygen atoms in total. The van der Waals surface area contributed by atoms with Crippen LogP contribution in [0.2, 0.25) is 0 Å². The van der Waals surface area contributed by atoms with E-state index in [-0.39, 0.29) is 12.3 Å². The molecule has 0 saturated heterocycles. The summed E-state index contributed by atoms with van der Waals surface area (Å²) in [6.07, 6.45) is 2.14. The number of benzene rings is 1. The lowest BCUT2D eigenvalue weighted by Crippen LogP contribution is -2.92. The van der Waals surface area contributed by atoms with E-state index in [9.17, 15) is 14.7 Å². The number of para-hydroxylation sites is 1. The zero-order valence-electron chi connectivity index (χ0n) is 13.9. The van der Waals surface area contributed by atoms with Crippen LogP contribution in [0, 0.1) is 6.92 Å². The first-order valence-corrected chi connectivity index (χ1v) is 7.96. The molecule has 0 saturated carbocycles. The number of rotatable bonds is 8. The molecule has 0 unspecified atom stereocenters. The summed E-state index contributed by atoms with van der Waals surface area (Å²) >= 11 is 0. The van der Waals surface area contributed by atoms with Crippen molar-refractivity contribution in [2.24, 2.45) is 0 Å². The Hall–Kier alpha value is -2.60. The van der Waals surface area contributed by atoms with Gasteiger partial charge in [0.1, 0.15) is 12.6 Å². The summed E-state index contributed by atoms with van der Waals surface area (Å²) < 4.78 is 5.17. The SMILES string of the molecule is CCc1cccc(C)c1NC(=O)C[C@@H]([NH2+]Cc1ccco1)C(=O)[O-]. The molecule has 0 aliphatic heterocycles. The Labute approximate surface area is 140 Å². The molecule has 24 heavy (non-hydrogen) atoms. The molecule has 6 heteroatoms. The minimum absolute atomic E-state index is 0.166. The maximum Gasteiger partial charge on any atom is 0.230 e. The van der Waals surface area contributed by atoms with Crippen molar-refractivity contribution >= 4 is 17.6 Å². The van der Waals surface area contributed by atoms with E-state index >= 15 is 0 Å². The average Bonchev–Trinajstić information content (AvgIpc) is 3.06. The predicted molar refractivity (Wildman–Crippen MR) is 86.9 cm³/mol. The Balaban J connectivity index is 1.99. The largest absolute Gasteiger partial charge is 0.544 e. The smallest absolute Gasteiger partial charge is 0.230 e. The molecule has 0 radical (unpaired) electrons. The third kappa shape index (κ3) is 4.70. The molecule has 1 heterocycles. The highest BCUT2D eigenvalue weighted by Gasteiger charge is 2.20. The fourth-order valence-corrected chi connectivity index (χ4v) is 2.54. The molecular formula is C18H22N2O4. The second-order valence-corrected chi connectivity index (χ2v) is 5.66. The van der Waals surface area contributed by atoms with Gasteiger partial charge in [-0.15, -0.1) is 0 Å². The summed E-state index contributed by atoms with van der Waals surface area (Å²) in [6, 6.07) is 8.31. The van der Waals surface area contributed by atoms with Crippen LogP contribution in [0.5, 0.6) is 0 Å². The molecular weight excluding hydrogens is 308 g/mol. The average molecular weight is 330 g/mol. The number of carbonyl (C=O) groups excluding carboxylic acids is 2. The Morgan fingerprint density at radius 2 is 2.08 bits per heavy atom.